The predicted octanol–water partition coefficient (Wildman–Crippen LogP) is 0.741. The van der Waals surface area contributed by atoms with Crippen molar-refractivity contribution >= 4 is 16.0 Å². The number of hydrogen-bond acceptors (Lipinski definition) is 4. The zero-order chi connectivity index (χ0) is 14.0. The van der Waals surface area contributed by atoms with E-state index in [1.54, 1.807) is 24.7 Å². The maximum absolute atomic E-state index is 12.5. The molecule has 0 unspecified atom stereocenters. The molecule has 0 aliphatic heterocycles. The lowest BCUT2D eigenvalue weighted by Gasteiger charge is -2.20. The van der Waals surface area contributed by atoms with E-state index in [1.807, 2.05) is 0 Å². The molecule has 0 spiro atoms. The van der Waals surface area contributed by atoms with Gasteiger partial charge in [0.25, 0.3) is 0 Å². The lowest BCUT2D eigenvalue weighted by atomic mass is 10.6. The molecule has 1 saturated carbocycles. The Balaban J connectivity index is 2.21. The van der Waals surface area contributed by atoms with Crippen molar-refractivity contribution in [3.05, 3.63) is 18.5 Å². The third-order valence-electron chi connectivity index (χ3n) is 2.96. The third kappa shape index (κ3) is 3.16. The van der Waals surface area contributed by atoms with Crippen LogP contribution >= 0.6 is 0 Å². The summed E-state index contributed by atoms with van der Waals surface area (Å²) in [5, 5.41) is 0. The first-order valence-electron chi connectivity index (χ1n) is 6.24. The van der Waals surface area contributed by atoms with E-state index in [-0.39, 0.29) is 24.1 Å². The van der Waals surface area contributed by atoms with Crippen molar-refractivity contribution in [2.45, 2.75) is 30.7 Å². The monoisotopic (exact) mass is 286 g/mol. The first-order chi connectivity index (χ1) is 8.95. The standard InChI is InChI=1S/C12H18N2O4S/c1-3-18-12(15)9-14(10-4-5-10)19(16,17)11-6-7-13(2)8-11/h6-8,10H,3-5,9H2,1-2H3. The van der Waals surface area contributed by atoms with Crippen LogP contribution in [-0.4, -0.2) is 42.5 Å². The van der Waals surface area contributed by atoms with Crippen LogP contribution in [-0.2, 0) is 26.6 Å². The summed E-state index contributed by atoms with van der Waals surface area (Å²) in [4.78, 5) is 11.7. The lowest BCUT2D eigenvalue weighted by Crippen LogP contribution is -2.38. The molecule has 1 aromatic rings. The van der Waals surface area contributed by atoms with Crippen molar-refractivity contribution in [3.8, 4) is 0 Å². The number of hydrogen-bond donors (Lipinski definition) is 0. The largest absolute Gasteiger partial charge is 0.465 e. The number of sulfonamides is 1. The number of ether oxygens (including phenoxy) is 1. The molecule has 19 heavy (non-hydrogen) atoms. The van der Waals surface area contributed by atoms with Gasteiger partial charge in [-0.05, 0) is 25.8 Å². The first kappa shape index (κ1) is 14.1. The Morgan fingerprint density at radius 1 is 1.53 bits per heavy atom. The molecule has 1 fully saturated rings. The molecular formula is C12H18N2O4S. The van der Waals surface area contributed by atoms with E-state index in [4.69, 9.17) is 4.74 Å². The summed E-state index contributed by atoms with van der Waals surface area (Å²) in [6.07, 6.45) is 4.80. The minimum Gasteiger partial charge on any atom is -0.465 e. The zero-order valence-corrected chi connectivity index (χ0v) is 11.9. The van der Waals surface area contributed by atoms with Crippen LogP contribution in [0.2, 0.25) is 0 Å². The van der Waals surface area contributed by atoms with Crippen LogP contribution in [0.1, 0.15) is 19.8 Å². The summed E-state index contributed by atoms with van der Waals surface area (Å²) in [7, 11) is -1.86. The van der Waals surface area contributed by atoms with Crippen molar-refractivity contribution in [2.75, 3.05) is 13.2 Å². The topological polar surface area (TPSA) is 68.6 Å². The summed E-state index contributed by atoms with van der Waals surface area (Å²) >= 11 is 0. The molecule has 0 atom stereocenters. The second kappa shape index (κ2) is 5.34. The lowest BCUT2D eigenvalue weighted by molar-refractivity contribution is -0.143. The van der Waals surface area contributed by atoms with Crippen LogP contribution in [0.15, 0.2) is 23.4 Å². The van der Waals surface area contributed by atoms with Gasteiger partial charge in [-0.15, -0.1) is 0 Å². The molecule has 1 aliphatic carbocycles. The van der Waals surface area contributed by atoms with E-state index in [2.05, 4.69) is 0 Å². The number of carbonyl (C=O) groups excluding carboxylic acids is 1. The normalized spacial score (nSPS) is 15.7. The Morgan fingerprint density at radius 2 is 2.21 bits per heavy atom. The Bertz CT molecular complexity index is 560. The molecule has 0 saturated heterocycles. The second-order valence-corrected chi connectivity index (χ2v) is 6.49. The average Bonchev–Trinajstić information content (AvgIpc) is 3.07. The number of aryl methyl sites for hydroxylation is 1. The molecule has 106 valence electrons. The van der Waals surface area contributed by atoms with Crippen LogP contribution in [0.25, 0.3) is 0 Å². The molecule has 6 nitrogen and oxygen atoms in total. The molecule has 0 N–H and O–H groups in total. The Hall–Kier alpha value is -1.34. The number of aromatic nitrogens is 1. The van der Waals surface area contributed by atoms with Gasteiger partial charge in [-0.1, -0.05) is 0 Å². The van der Waals surface area contributed by atoms with Crippen LogP contribution in [0.3, 0.4) is 0 Å². The second-order valence-electron chi connectivity index (χ2n) is 4.60. The van der Waals surface area contributed by atoms with Gasteiger partial charge in [-0.2, -0.15) is 4.31 Å². The average molecular weight is 286 g/mol. The maximum atomic E-state index is 12.5. The Kier molecular flexibility index (Phi) is 3.96. The van der Waals surface area contributed by atoms with Gasteiger partial charge in [-0.25, -0.2) is 8.42 Å². The van der Waals surface area contributed by atoms with Gasteiger partial charge < -0.3 is 9.30 Å². The Labute approximate surface area is 113 Å². The molecule has 7 heteroatoms. The van der Waals surface area contributed by atoms with E-state index >= 15 is 0 Å². The van der Waals surface area contributed by atoms with E-state index in [1.165, 1.54) is 16.6 Å². The third-order valence-corrected chi connectivity index (χ3v) is 4.84. The van der Waals surface area contributed by atoms with Crippen molar-refractivity contribution in [1.29, 1.82) is 0 Å². The highest BCUT2D eigenvalue weighted by molar-refractivity contribution is 7.89. The highest BCUT2D eigenvalue weighted by atomic mass is 32.2. The van der Waals surface area contributed by atoms with E-state index in [0.717, 1.165) is 12.8 Å². The molecule has 1 heterocycles. The molecule has 0 amide bonds. The minimum atomic E-state index is -3.62. The van der Waals surface area contributed by atoms with Crippen molar-refractivity contribution < 1.29 is 17.9 Å². The first-order valence-corrected chi connectivity index (χ1v) is 7.68. The zero-order valence-electron chi connectivity index (χ0n) is 11.1. The van der Waals surface area contributed by atoms with Crippen LogP contribution in [0.5, 0.6) is 0 Å². The summed E-state index contributed by atoms with van der Waals surface area (Å²) in [6, 6.07) is 1.46. The molecule has 2 rings (SSSR count). The van der Waals surface area contributed by atoms with Crippen LogP contribution in [0, 0.1) is 0 Å². The fourth-order valence-electron chi connectivity index (χ4n) is 1.87. The molecule has 0 bridgehead atoms. The van der Waals surface area contributed by atoms with Crippen molar-refractivity contribution in [1.82, 2.24) is 8.87 Å². The molecule has 0 aromatic carbocycles. The quantitative estimate of drug-likeness (QED) is 0.723. The number of rotatable bonds is 6. The fourth-order valence-corrected chi connectivity index (χ4v) is 3.55. The number of carbonyl (C=O) groups is 1. The van der Waals surface area contributed by atoms with E-state index in [9.17, 15) is 13.2 Å². The van der Waals surface area contributed by atoms with Gasteiger partial charge in [0, 0.05) is 25.5 Å². The molecule has 1 aliphatic rings. The summed E-state index contributed by atoms with van der Waals surface area (Å²) in [5.74, 6) is -0.506. The minimum absolute atomic E-state index is 0.0744. The van der Waals surface area contributed by atoms with Gasteiger partial charge >= 0.3 is 5.97 Å². The number of esters is 1. The van der Waals surface area contributed by atoms with Gasteiger partial charge in [0.05, 0.1) is 11.5 Å². The number of nitrogens with zero attached hydrogens (tertiary/aromatic N) is 2. The summed E-state index contributed by atoms with van der Waals surface area (Å²) in [5.41, 5.74) is 0. The summed E-state index contributed by atoms with van der Waals surface area (Å²) in [6.45, 7) is 1.74. The maximum Gasteiger partial charge on any atom is 0.321 e. The van der Waals surface area contributed by atoms with Crippen LogP contribution in [0.4, 0.5) is 0 Å². The molecule has 0 radical (unpaired) electrons. The van der Waals surface area contributed by atoms with Gasteiger partial charge in [0.1, 0.15) is 6.54 Å². The van der Waals surface area contributed by atoms with Gasteiger partial charge in [0.15, 0.2) is 0 Å². The van der Waals surface area contributed by atoms with Crippen molar-refractivity contribution in [2.24, 2.45) is 7.05 Å². The predicted molar refractivity (Wildman–Crippen MR) is 69.0 cm³/mol. The molecular weight excluding hydrogens is 268 g/mol. The molecule has 1 aromatic heterocycles. The van der Waals surface area contributed by atoms with Gasteiger partial charge in [-0.3, -0.25) is 4.79 Å². The summed E-state index contributed by atoms with van der Waals surface area (Å²) < 4.78 is 32.7. The smallest absolute Gasteiger partial charge is 0.321 e. The van der Waals surface area contributed by atoms with Gasteiger partial charge in [0.2, 0.25) is 10.0 Å². The van der Waals surface area contributed by atoms with Crippen molar-refractivity contribution in [3.63, 3.8) is 0 Å². The fraction of sp³-hybridized carbons (Fsp3) is 0.583. The van der Waals surface area contributed by atoms with E-state index < -0.39 is 16.0 Å². The Morgan fingerprint density at radius 3 is 2.68 bits per heavy atom. The SMILES string of the molecule is CCOC(=O)CN(C1CC1)S(=O)(=O)c1ccn(C)c1. The highest BCUT2D eigenvalue weighted by Gasteiger charge is 2.39. The highest BCUT2D eigenvalue weighted by Crippen LogP contribution is 2.31. The van der Waals surface area contributed by atoms with Crippen LogP contribution < -0.4 is 0 Å². The van der Waals surface area contributed by atoms with E-state index in [0.29, 0.717) is 0 Å².